The molecule has 2 atom stereocenters. The highest BCUT2D eigenvalue weighted by Gasteiger charge is 2.54. The molecule has 2 aromatic rings. The number of carbonyl (C=O) groups is 1. The topological polar surface area (TPSA) is 44.8 Å². The lowest BCUT2D eigenvalue weighted by Gasteiger charge is -2.45. The highest BCUT2D eigenvalue weighted by Crippen LogP contribution is 2.41. The number of ketones is 1. The number of hydrogen-bond donors (Lipinski definition) is 0. The smallest absolute Gasteiger partial charge is 0.261 e. The molecule has 1 aliphatic heterocycles. The van der Waals surface area contributed by atoms with Gasteiger partial charge >= 0.3 is 0 Å². The van der Waals surface area contributed by atoms with Gasteiger partial charge in [0.15, 0.2) is 6.29 Å². The van der Waals surface area contributed by atoms with Crippen LogP contribution >= 0.6 is 0 Å². The van der Waals surface area contributed by atoms with Crippen LogP contribution in [-0.2, 0) is 18.7 Å². The fourth-order valence-corrected chi connectivity index (χ4v) is 9.52. The van der Waals surface area contributed by atoms with Crippen molar-refractivity contribution in [3.05, 3.63) is 60.7 Å². The Morgan fingerprint density at radius 3 is 1.86 bits per heavy atom. The fourth-order valence-electron chi connectivity index (χ4n) is 4.80. The summed E-state index contributed by atoms with van der Waals surface area (Å²) in [5.41, 5.74) is 0. The lowest BCUT2D eigenvalue weighted by atomic mass is 10.1. The second-order valence-corrected chi connectivity index (χ2v) is 13.3. The van der Waals surface area contributed by atoms with Gasteiger partial charge in [-0.3, -0.25) is 4.79 Å². The third-order valence-electron chi connectivity index (χ3n) is 6.11. The van der Waals surface area contributed by atoms with Crippen LogP contribution in [0.4, 0.5) is 0 Å². The molecule has 1 saturated carbocycles. The SMILES string of the molecule is CC(C)(C)[Si](O[C@@H]1CC(=O)C[C@@H]1C1OCCO1)(c1ccccc1)c1ccccc1. The molecule has 4 nitrogen and oxygen atoms in total. The summed E-state index contributed by atoms with van der Waals surface area (Å²) in [6.45, 7) is 7.94. The second kappa shape index (κ2) is 8.15. The maximum atomic E-state index is 12.5. The van der Waals surface area contributed by atoms with Crippen molar-refractivity contribution in [2.75, 3.05) is 13.2 Å². The standard InChI is InChI=1S/C24H30O4Si/c1-24(2,3)29(19-10-6-4-7-11-19,20-12-8-5-9-13-20)28-22-17-18(25)16-21(22)23-26-14-15-27-23/h4-13,21-23H,14-17H2,1-3H3/t21-,22+/m0/s1. The van der Waals surface area contributed by atoms with Crippen molar-refractivity contribution in [3.8, 4) is 0 Å². The van der Waals surface area contributed by atoms with Gasteiger partial charge in [0.05, 0.1) is 19.3 Å². The van der Waals surface area contributed by atoms with Gasteiger partial charge in [-0.2, -0.15) is 0 Å². The lowest BCUT2D eigenvalue weighted by Crippen LogP contribution is -2.68. The van der Waals surface area contributed by atoms with Crippen molar-refractivity contribution >= 4 is 24.5 Å². The van der Waals surface area contributed by atoms with Crippen molar-refractivity contribution < 1.29 is 18.7 Å². The first-order valence-electron chi connectivity index (χ1n) is 10.5. The third-order valence-corrected chi connectivity index (χ3v) is 11.2. The first kappa shape index (κ1) is 20.5. The highest BCUT2D eigenvalue weighted by molar-refractivity contribution is 6.99. The third kappa shape index (κ3) is 3.84. The Hall–Kier alpha value is -1.79. The van der Waals surface area contributed by atoms with Gasteiger partial charge in [0.1, 0.15) is 5.78 Å². The van der Waals surface area contributed by atoms with Gasteiger partial charge in [-0.15, -0.1) is 0 Å². The van der Waals surface area contributed by atoms with Crippen LogP contribution in [0.2, 0.25) is 5.04 Å². The molecular weight excluding hydrogens is 380 g/mol. The summed E-state index contributed by atoms with van der Waals surface area (Å²) in [5, 5.41) is 2.33. The Bertz CT molecular complexity index is 785. The van der Waals surface area contributed by atoms with Crippen LogP contribution < -0.4 is 10.4 Å². The van der Waals surface area contributed by atoms with E-state index in [-0.39, 0.29) is 29.1 Å². The van der Waals surface area contributed by atoms with E-state index in [2.05, 4.69) is 69.3 Å². The Morgan fingerprint density at radius 2 is 1.38 bits per heavy atom. The molecule has 0 aromatic heterocycles. The van der Waals surface area contributed by atoms with Crippen LogP contribution in [0, 0.1) is 5.92 Å². The summed E-state index contributed by atoms with van der Waals surface area (Å²) >= 11 is 0. The van der Waals surface area contributed by atoms with Crippen molar-refractivity contribution in [2.45, 2.75) is 51.0 Å². The number of Topliss-reactive ketones (excluding diaryl/α,β-unsaturated/α-hetero) is 1. The molecule has 1 aliphatic carbocycles. The number of rotatable bonds is 5. The van der Waals surface area contributed by atoms with E-state index in [1.807, 2.05) is 12.1 Å². The predicted molar refractivity (Wildman–Crippen MR) is 116 cm³/mol. The predicted octanol–water partition coefficient (Wildman–Crippen LogP) is 3.28. The quantitative estimate of drug-likeness (QED) is 0.710. The van der Waals surface area contributed by atoms with Gasteiger partial charge in [0.25, 0.3) is 8.32 Å². The van der Waals surface area contributed by atoms with Gasteiger partial charge in [-0.05, 0) is 15.4 Å². The van der Waals surface area contributed by atoms with Crippen LogP contribution in [0.5, 0.6) is 0 Å². The van der Waals surface area contributed by atoms with Gasteiger partial charge in [0, 0.05) is 18.8 Å². The average Bonchev–Trinajstić information content (AvgIpc) is 3.36. The van der Waals surface area contributed by atoms with Crippen molar-refractivity contribution in [2.24, 2.45) is 5.92 Å². The average molecular weight is 411 g/mol. The number of carbonyl (C=O) groups excluding carboxylic acids is 1. The molecule has 2 aliphatic rings. The minimum atomic E-state index is -2.70. The first-order chi connectivity index (χ1) is 13.9. The molecule has 2 fully saturated rings. The van der Waals surface area contributed by atoms with Gasteiger partial charge < -0.3 is 13.9 Å². The molecule has 1 heterocycles. The molecule has 4 rings (SSSR count). The van der Waals surface area contributed by atoms with Crippen LogP contribution in [0.15, 0.2) is 60.7 Å². The molecule has 29 heavy (non-hydrogen) atoms. The van der Waals surface area contributed by atoms with Crippen LogP contribution in [-0.4, -0.2) is 39.7 Å². The largest absolute Gasteiger partial charge is 0.404 e. The summed E-state index contributed by atoms with van der Waals surface area (Å²) in [5.74, 6) is 0.184. The van der Waals surface area contributed by atoms with Crippen molar-refractivity contribution in [1.82, 2.24) is 0 Å². The van der Waals surface area contributed by atoms with E-state index in [1.165, 1.54) is 10.4 Å². The molecular formula is C24H30O4Si. The molecule has 5 heteroatoms. The zero-order valence-corrected chi connectivity index (χ0v) is 18.5. The molecule has 0 N–H and O–H groups in total. The Kier molecular flexibility index (Phi) is 5.75. The molecule has 0 radical (unpaired) electrons. The van der Waals surface area contributed by atoms with Gasteiger partial charge in [-0.25, -0.2) is 0 Å². The second-order valence-electron chi connectivity index (χ2n) is 9.04. The maximum absolute atomic E-state index is 12.5. The molecule has 154 valence electrons. The number of ether oxygens (including phenoxy) is 2. The Balaban J connectivity index is 1.81. The fraction of sp³-hybridized carbons (Fsp3) is 0.458. The summed E-state index contributed by atoms with van der Waals surface area (Å²) in [6, 6.07) is 21.1. The molecule has 0 amide bonds. The van der Waals surface area contributed by atoms with Crippen LogP contribution in [0.3, 0.4) is 0 Å². The maximum Gasteiger partial charge on any atom is 0.261 e. The number of hydrogen-bond acceptors (Lipinski definition) is 4. The van der Waals surface area contributed by atoms with E-state index in [0.29, 0.717) is 26.1 Å². The highest BCUT2D eigenvalue weighted by atomic mass is 28.4. The minimum absolute atomic E-state index is 0.0494. The normalized spacial score (nSPS) is 23.6. The minimum Gasteiger partial charge on any atom is -0.404 e. The van der Waals surface area contributed by atoms with E-state index >= 15 is 0 Å². The summed E-state index contributed by atoms with van der Waals surface area (Å²) < 4.78 is 18.8. The number of benzene rings is 2. The molecule has 0 unspecified atom stereocenters. The van der Waals surface area contributed by atoms with E-state index in [1.54, 1.807) is 0 Å². The van der Waals surface area contributed by atoms with Crippen LogP contribution in [0.25, 0.3) is 0 Å². The van der Waals surface area contributed by atoms with Crippen molar-refractivity contribution in [1.29, 1.82) is 0 Å². The van der Waals surface area contributed by atoms with Gasteiger partial charge in [0.2, 0.25) is 0 Å². The van der Waals surface area contributed by atoms with E-state index < -0.39 is 8.32 Å². The van der Waals surface area contributed by atoms with E-state index in [0.717, 1.165) is 0 Å². The Labute approximate surface area is 174 Å². The molecule has 2 aromatic carbocycles. The van der Waals surface area contributed by atoms with E-state index in [4.69, 9.17) is 13.9 Å². The zero-order valence-electron chi connectivity index (χ0n) is 17.5. The summed E-state index contributed by atoms with van der Waals surface area (Å²) in [6.07, 6.45) is 0.355. The Morgan fingerprint density at radius 1 is 0.862 bits per heavy atom. The molecule has 0 bridgehead atoms. The van der Waals surface area contributed by atoms with Crippen LogP contribution in [0.1, 0.15) is 33.6 Å². The lowest BCUT2D eigenvalue weighted by molar-refractivity contribution is -0.120. The summed E-state index contributed by atoms with van der Waals surface area (Å²) in [4.78, 5) is 12.5. The van der Waals surface area contributed by atoms with E-state index in [9.17, 15) is 4.79 Å². The van der Waals surface area contributed by atoms with Crippen molar-refractivity contribution in [3.63, 3.8) is 0 Å². The zero-order chi connectivity index (χ0) is 20.5. The molecule has 1 saturated heterocycles. The monoisotopic (exact) mass is 410 g/mol. The molecule has 0 spiro atoms. The first-order valence-corrected chi connectivity index (χ1v) is 12.4. The summed E-state index contributed by atoms with van der Waals surface area (Å²) in [7, 11) is -2.70. The van der Waals surface area contributed by atoms with Gasteiger partial charge in [-0.1, -0.05) is 81.4 Å².